The van der Waals surface area contributed by atoms with Crippen molar-refractivity contribution in [2.24, 2.45) is 0 Å². The van der Waals surface area contributed by atoms with Crippen LogP contribution in [0.15, 0.2) is 30.3 Å². The number of thioether (sulfide) groups is 1. The third-order valence-electron chi connectivity index (χ3n) is 6.19. The predicted octanol–water partition coefficient (Wildman–Crippen LogP) is 1.37. The molecule has 0 saturated carbocycles. The summed E-state index contributed by atoms with van der Waals surface area (Å²) in [5, 5.41) is 3.07. The van der Waals surface area contributed by atoms with Crippen LogP contribution in [0.4, 0.5) is 0 Å². The first-order valence-electron chi connectivity index (χ1n) is 10.3. The molecular formula is C21H30N4O2S. The molecule has 1 N–H and O–H groups in total. The number of carbonyl (C=O) groups excluding carboxylic acids is 2. The highest BCUT2D eigenvalue weighted by molar-refractivity contribution is 8.01. The monoisotopic (exact) mass is 402 g/mol. The summed E-state index contributed by atoms with van der Waals surface area (Å²) in [6.07, 6.45) is 1.42. The van der Waals surface area contributed by atoms with Gasteiger partial charge in [-0.1, -0.05) is 30.3 Å². The number of piperazine rings is 1. The first-order chi connectivity index (χ1) is 13.5. The minimum atomic E-state index is -0.298. The fourth-order valence-electron chi connectivity index (χ4n) is 4.48. The second-order valence-electron chi connectivity index (χ2n) is 8.16. The predicted molar refractivity (Wildman–Crippen MR) is 112 cm³/mol. The van der Waals surface area contributed by atoms with Crippen LogP contribution in [0.5, 0.6) is 0 Å². The summed E-state index contributed by atoms with van der Waals surface area (Å²) in [4.78, 5) is 31.4. The van der Waals surface area contributed by atoms with Crippen LogP contribution in [0, 0.1) is 0 Å². The summed E-state index contributed by atoms with van der Waals surface area (Å²) in [7, 11) is 0. The molecule has 3 heterocycles. The molecule has 6 nitrogen and oxygen atoms in total. The van der Waals surface area contributed by atoms with Crippen molar-refractivity contribution in [3.63, 3.8) is 0 Å². The molecule has 3 fully saturated rings. The number of fused-ring (bicyclic) bond motifs is 1. The zero-order valence-corrected chi connectivity index (χ0v) is 17.4. The molecule has 0 radical (unpaired) electrons. The van der Waals surface area contributed by atoms with Crippen LogP contribution in [0.2, 0.25) is 0 Å². The summed E-state index contributed by atoms with van der Waals surface area (Å²) in [6, 6.07) is 10.3. The first kappa shape index (κ1) is 19.7. The molecule has 2 atom stereocenters. The molecule has 1 aromatic rings. The molecule has 4 rings (SSSR count). The van der Waals surface area contributed by atoms with E-state index in [4.69, 9.17) is 0 Å². The van der Waals surface area contributed by atoms with Gasteiger partial charge in [-0.05, 0) is 18.9 Å². The number of nitrogens with one attached hydrogen (secondary N) is 1. The average molecular weight is 403 g/mol. The Morgan fingerprint density at radius 3 is 2.64 bits per heavy atom. The Morgan fingerprint density at radius 1 is 1.18 bits per heavy atom. The van der Waals surface area contributed by atoms with E-state index in [0.29, 0.717) is 18.7 Å². The molecule has 3 aliphatic rings. The van der Waals surface area contributed by atoms with E-state index in [1.165, 1.54) is 5.56 Å². The van der Waals surface area contributed by atoms with E-state index in [2.05, 4.69) is 52.4 Å². The zero-order valence-electron chi connectivity index (χ0n) is 16.6. The number of hydrogen-bond acceptors (Lipinski definition) is 5. The molecular weight excluding hydrogens is 372 g/mol. The van der Waals surface area contributed by atoms with Gasteiger partial charge in [0.15, 0.2) is 0 Å². The SMILES string of the molecule is CC12CCC(=O)N1C(C(=O)NCCN1CCN(Cc3ccccc3)CC1)CS2. The van der Waals surface area contributed by atoms with Crippen molar-refractivity contribution in [1.29, 1.82) is 0 Å². The third kappa shape index (κ3) is 4.21. The first-order valence-corrected chi connectivity index (χ1v) is 11.3. The van der Waals surface area contributed by atoms with Crippen molar-refractivity contribution in [1.82, 2.24) is 20.0 Å². The Kier molecular flexibility index (Phi) is 5.94. The number of benzene rings is 1. The van der Waals surface area contributed by atoms with Gasteiger partial charge in [0.1, 0.15) is 6.04 Å². The Hall–Kier alpha value is -1.57. The quantitative estimate of drug-likeness (QED) is 0.779. The van der Waals surface area contributed by atoms with Crippen LogP contribution in [0.1, 0.15) is 25.3 Å². The van der Waals surface area contributed by atoms with Gasteiger partial charge in [-0.3, -0.25) is 19.4 Å². The van der Waals surface area contributed by atoms with E-state index in [1.54, 1.807) is 11.8 Å². The van der Waals surface area contributed by atoms with Gasteiger partial charge in [0.2, 0.25) is 11.8 Å². The molecule has 2 unspecified atom stereocenters. The Morgan fingerprint density at radius 2 is 1.89 bits per heavy atom. The third-order valence-corrected chi connectivity index (χ3v) is 7.69. The molecule has 28 heavy (non-hydrogen) atoms. The average Bonchev–Trinajstić information content (AvgIpc) is 3.20. The van der Waals surface area contributed by atoms with Crippen LogP contribution < -0.4 is 5.32 Å². The van der Waals surface area contributed by atoms with E-state index in [-0.39, 0.29) is 22.7 Å². The number of amides is 2. The van der Waals surface area contributed by atoms with Crippen LogP contribution in [0.3, 0.4) is 0 Å². The minimum absolute atomic E-state index is 0.00851. The molecule has 3 aliphatic heterocycles. The van der Waals surface area contributed by atoms with Gasteiger partial charge in [0.25, 0.3) is 0 Å². The van der Waals surface area contributed by atoms with E-state index in [9.17, 15) is 9.59 Å². The van der Waals surface area contributed by atoms with E-state index in [1.807, 2.05) is 4.90 Å². The van der Waals surface area contributed by atoms with Gasteiger partial charge in [-0.25, -0.2) is 0 Å². The molecule has 1 aromatic carbocycles. The number of hydrogen-bond donors (Lipinski definition) is 1. The van der Waals surface area contributed by atoms with Crippen LogP contribution >= 0.6 is 11.8 Å². The summed E-state index contributed by atoms with van der Waals surface area (Å²) >= 11 is 1.75. The summed E-state index contributed by atoms with van der Waals surface area (Å²) in [5.74, 6) is 0.850. The molecule has 7 heteroatoms. The van der Waals surface area contributed by atoms with Crippen molar-refractivity contribution >= 4 is 23.6 Å². The second-order valence-corrected chi connectivity index (χ2v) is 9.66. The van der Waals surface area contributed by atoms with Crippen molar-refractivity contribution in [2.45, 2.75) is 37.2 Å². The van der Waals surface area contributed by atoms with Gasteiger partial charge < -0.3 is 10.2 Å². The molecule has 0 aromatic heterocycles. The molecule has 2 amide bonds. The van der Waals surface area contributed by atoms with Gasteiger partial charge in [0.05, 0.1) is 4.87 Å². The lowest BCUT2D eigenvalue weighted by Crippen LogP contribution is -2.52. The zero-order chi connectivity index (χ0) is 19.6. The van der Waals surface area contributed by atoms with E-state index >= 15 is 0 Å². The van der Waals surface area contributed by atoms with Crippen molar-refractivity contribution in [2.75, 3.05) is 45.0 Å². The van der Waals surface area contributed by atoms with E-state index < -0.39 is 0 Å². The van der Waals surface area contributed by atoms with Crippen LogP contribution in [-0.4, -0.2) is 82.4 Å². The van der Waals surface area contributed by atoms with E-state index in [0.717, 1.165) is 45.7 Å². The van der Waals surface area contributed by atoms with Gasteiger partial charge in [-0.2, -0.15) is 0 Å². The lowest BCUT2D eigenvalue weighted by molar-refractivity contribution is -0.137. The Labute approximate surface area is 171 Å². The second kappa shape index (κ2) is 8.43. The molecule has 152 valence electrons. The maximum Gasteiger partial charge on any atom is 0.243 e. The van der Waals surface area contributed by atoms with Crippen molar-refractivity contribution < 1.29 is 9.59 Å². The maximum atomic E-state index is 12.6. The lowest BCUT2D eigenvalue weighted by Gasteiger charge is -2.35. The lowest BCUT2D eigenvalue weighted by atomic mass is 10.2. The summed E-state index contributed by atoms with van der Waals surface area (Å²) in [6.45, 7) is 8.80. The number of rotatable bonds is 6. The molecule has 0 bridgehead atoms. The minimum Gasteiger partial charge on any atom is -0.353 e. The normalized spacial score (nSPS) is 28.5. The van der Waals surface area contributed by atoms with Crippen LogP contribution in [-0.2, 0) is 16.1 Å². The van der Waals surface area contributed by atoms with Gasteiger partial charge >= 0.3 is 0 Å². The van der Waals surface area contributed by atoms with Crippen LogP contribution in [0.25, 0.3) is 0 Å². The van der Waals surface area contributed by atoms with Crippen molar-refractivity contribution in [3.05, 3.63) is 35.9 Å². The largest absolute Gasteiger partial charge is 0.353 e. The highest BCUT2D eigenvalue weighted by atomic mass is 32.2. The maximum absolute atomic E-state index is 12.6. The smallest absolute Gasteiger partial charge is 0.243 e. The highest BCUT2D eigenvalue weighted by Crippen LogP contribution is 2.47. The number of nitrogens with zero attached hydrogens (tertiary/aromatic N) is 3. The fourth-order valence-corrected chi connectivity index (χ4v) is 5.91. The molecule has 0 aliphatic carbocycles. The van der Waals surface area contributed by atoms with Gasteiger partial charge in [0, 0.05) is 58.0 Å². The Balaban J connectivity index is 1.17. The number of carbonyl (C=O) groups is 2. The molecule has 0 spiro atoms. The topological polar surface area (TPSA) is 55.9 Å². The standard InChI is InChI=1S/C21H30N4O2S/c1-21-8-7-19(26)25(21)18(16-28-21)20(27)22-9-10-23-11-13-24(14-12-23)15-17-5-3-2-4-6-17/h2-6,18H,7-16H2,1H3,(H,22,27). The van der Waals surface area contributed by atoms with Gasteiger partial charge in [-0.15, -0.1) is 11.8 Å². The molecule has 3 saturated heterocycles. The fraction of sp³-hybridized carbons (Fsp3) is 0.619. The van der Waals surface area contributed by atoms with Crippen molar-refractivity contribution in [3.8, 4) is 0 Å². The Bertz CT molecular complexity index is 708. The summed E-state index contributed by atoms with van der Waals surface area (Å²) in [5.41, 5.74) is 1.36. The highest BCUT2D eigenvalue weighted by Gasteiger charge is 2.52. The summed E-state index contributed by atoms with van der Waals surface area (Å²) < 4.78 is 0.